The predicted molar refractivity (Wildman–Crippen MR) is 105 cm³/mol. The maximum Gasteiger partial charge on any atom is 0.337 e. The van der Waals surface area contributed by atoms with Crippen LogP contribution in [0.15, 0.2) is 48.8 Å². The molecule has 0 amide bonds. The summed E-state index contributed by atoms with van der Waals surface area (Å²) in [5.41, 5.74) is 5.80. The van der Waals surface area contributed by atoms with Crippen molar-refractivity contribution in [3.8, 4) is 0 Å². The van der Waals surface area contributed by atoms with Crippen LogP contribution >= 0.6 is 12.2 Å². The molecule has 0 radical (unpaired) electrons. The van der Waals surface area contributed by atoms with Crippen molar-refractivity contribution >= 4 is 29.0 Å². The number of ether oxygens (including phenoxy) is 1. The van der Waals surface area contributed by atoms with Crippen LogP contribution in [0.4, 0.5) is 5.69 Å². The Balaban J connectivity index is 1.62. The highest BCUT2D eigenvalue weighted by atomic mass is 32.1. The first-order valence-corrected chi connectivity index (χ1v) is 9.01. The highest BCUT2D eigenvalue weighted by Gasteiger charge is 2.24. The van der Waals surface area contributed by atoms with Gasteiger partial charge >= 0.3 is 5.97 Å². The van der Waals surface area contributed by atoms with Gasteiger partial charge in [-0.2, -0.15) is 0 Å². The Morgan fingerprint density at radius 3 is 2.77 bits per heavy atom. The van der Waals surface area contributed by atoms with Crippen LogP contribution in [0, 0.1) is 0 Å². The van der Waals surface area contributed by atoms with Crippen LogP contribution in [-0.4, -0.2) is 34.7 Å². The SMILES string of the molecule is COC(=O)c1ccc(NC(=S)NN2CCCCC2c2cccnc2)cc1. The van der Waals surface area contributed by atoms with E-state index in [-0.39, 0.29) is 12.0 Å². The maximum absolute atomic E-state index is 11.5. The van der Waals surface area contributed by atoms with Crippen LogP contribution < -0.4 is 10.7 Å². The Kier molecular flexibility index (Phi) is 6.14. The van der Waals surface area contributed by atoms with Crippen LogP contribution in [0.1, 0.15) is 41.2 Å². The molecule has 1 fully saturated rings. The van der Waals surface area contributed by atoms with Crippen LogP contribution in [0.2, 0.25) is 0 Å². The molecule has 7 heteroatoms. The maximum atomic E-state index is 11.5. The van der Waals surface area contributed by atoms with Gasteiger partial charge in [-0.3, -0.25) is 10.4 Å². The van der Waals surface area contributed by atoms with Gasteiger partial charge < -0.3 is 10.1 Å². The third-order valence-electron chi connectivity index (χ3n) is 4.38. The third kappa shape index (κ3) is 4.56. The monoisotopic (exact) mass is 370 g/mol. The smallest absolute Gasteiger partial charge is 0.337 e. The summed E-state index contributed by atoms with van der Waals surface area (Å²) in [5.74, 6) is -0.357. The van der Waals surface area contributed by atoms with Gasteiger partial charge in [-0.25, -0.2) is 9.80 Å². The summed E-state index contributed by atoms with van der Waals surface area (Å²) in [6.45, 7) is 0.919. The van der Waals surface area contributed by atoms with Crippen LogP contribution in [0.3, 0.4) is 0 Å². The second kappa shape index (κ2) is 8.73. The molecule has 1 aliphatic rings. The zero-order chi connectivity index (χ0) is 18.4. The first kappa shape index (κ1) is 18.3. The first-order chi connectivity index (χ1) is 12.7. The van der Waals surface area contributed by atoms with Gasteiger partial charge in [0.2, 0.25) is 0 Å². The molecule has 0 bridgehead atoms. The molecule has 2 aromatic rings. The Morgan fingerprint density at radius 1 is 1.27 bits per heavy atom. The number of benzene rings is 1. The summed E-state index contributed by atoms with van der Waals surface area (Å²) in [7, 11) is 1.37. The molecule has 0 spiro atoms. The molecule has 1 unspecified atom stereocenters. The summed E-state index contributed by atoms with van der Waals surface area (Å²) in [6, 6.07) is 11.3. The van der Waals surface area contributed by atoms with E-state index < -0.39 is 0 Å². The second-order valence-electron chi connectivity index (χ2n) is 6.13. The fourth-order valence-electron chi connectivity index (χ4n) is 3.08. The van der Waals surface area contributed by atoms with Crippen molar-refractivity contribution in [2.24, 2.45) is 0 Å². The molecule has 6 nitrogen and oxygen atoms in total. The van der Waals surface area contributed by atoms with Gasteiger partial charge in [0.25, 0.3) is 0 Å². The number of hydrazine groups is 1. The molecule has 1 atom stereocenters. The van der Waals surface area contributed by atoms with Gasteiger partial charge in [-0.1, -0.05) is 12.5 Å². The van der Waals surface area contributed by atoms with Gasteiger partial charge in [0, 0.05) is 24.6 Å². The minimum atomic E-state index is -0.357. The number of methoxy groups -OCH3 is 1. The van der Waals surface area contributed by atoms with Crippen molar-refractivity contribution in [3.63, 3.8) is 0 Å². The molecular weight excluding hydrogens is 348 g/mol. The third-order valence-corrected chi connectivity index (χ3v) is 4.57. The number of nitrogens with zero attached hydrogens (tertiary/aromatic N) is 2. The minimum absolute atomic E-state index is 0.249. The van der Waals surface area contributed by atoms with E-state index in [1.165, 1.54) is 19.1 Å². The summed E-state index contributed by atoms with van der Waals surface area (Å²) < 4.78 is 4.70. The van der Waals surface area contributed by atoms with Crippen molar-refractivity contribution < 1.29 is 9.53 Å². The van der Waals surface area contributed by atoms with Gasteiger partial charge in [0.15, 0.2) is 5.11 Å². The molecule has 1 aliphatic heterocycles. The average molecular weight is 370 g/mol. The largest absolute Gasteiger partial charge is 0.465 e. The van der Waals surface area contributed by atoms with E-state index in [1.54, 1.807) is 30.5 Å². The number of esters is 1. The first-order valence-electron chi connectivity index (χ1n) is 8.60. The number of piperidine rings is 1. The van der Waals surface area contributed by atoms with Gasteiger partial charge in [0.05, 0.1) is 18.7 Å². The quantitative estimate of drug-likeness (QED) is 0.632. The van der Waals surface area contributed by atoms with E-state index in [0.29, 0.717) is 10.7 Å². The molecular formula is C19H22N4O2S. The predicted octanol–water partition coefficient (Wildman–Crippen LogP) is 3.30. The highest BCUT2D eigenvalue weighted by Crippen LogP contribution is 2.28. The number of rotatable bonds is 4. The number of hydrogen-bond donors (Lipinski definition) is 2. The Morgan fingerprint density at radius 2 is 2.08 bits per heavy atom. The lowest BCUT2D eigenvalue weighted by molar-refractivity contribution is 0.0601. The van der Waals surface area contributed by atoms with Gasteiger partial charge in [-0.15, -0.1) is 0 Å². The Labute approximate surface area is 158 Å². The van der Waals surface area contributed by atoms with E-state index in [1.807, 2.05) is 12.3 Å². The molecule has 2 heterocycles. The van der Waals surface area contributed by atoms with E-state index in [9.17, 15) is 4.79 Å². The lowest BCUT2D eigenvalue weighted by atomic mass is 9.98. The van der Waals surface area contributed by atoms with Crippen molar-refractivity contribution in [2.75, 3.05) is 19.0 Å². The molecule has 26 heavy (non-hydrogen) atoms. The molecule has 1 aromatic heterocycles. The molecule has 1 saturated heterocycles. The summed E-state index contributed by atoms with van der Waals surface area (Å²) >= 11 is 5.46. The number of pyridine rings is 1. The van der Waals surface area contributed by atoms with Crippen LogP contribution in [-0.2, 0) is 4.74 Å². The Bertz CT molecular complexity index is 752. The van der Waals surface area contributed by atoms with E-state index in [0.717, 1.165) is 25.1 Å². The van der Waals surface area contributed by atoms with Crippen molar-refractivity contribution in [3.05, 3.63) is 59.9 Å². The average Bonchev–Trinajstić information content (AvgIpc) is 2.69. The van der Waals surface area contributed by atoms with Crippen molar-refractivity contribution in [1.82, 2.24) is 15.4 Å². The van der Waals surface area contributed by atoms with Crippen molar-refractivity contribution in [2.45, 2.75) is 25.3 Å². The minimum Gasteiger partial charge on any atom is -0.465 e. The summed E-state index contributed by atoms with van der Waals surface area (Å²) in [6.07, 6.45) is 7.07. The number of thiocarbonyl (C=S) groups is 1. The highest BCUT2D eigenvalue weighted by molar-refractivity contribution is 7.80. The van der Waals surface area contributed by atoms with Crippen LogP contribution in [0.5, 0.6) is 0 Å². The fourth-order valence-corrected chi connectivity index (χ4v) is 3.32. The molecule has 2 N–H and O–H groups in total. The summed E-state index contributed by atoms with van der Waals surface area (Å²) in [5, 5.41) is 5.84. The Hall–Kier alpha value is -2.51. The normalized spacial score (nSPS) is 17.3. The number of anilines is 1. The molecule has 0 saturated carbocycles. The van der Waals surface area contributed by atoms with E-state index >= 15 is 0 Å². The molecule has 136 valence electrons. The van der Waals surface area contributed by atoms with Gasteiger partial charge in [0.1, 0.15) is 0 Å². The number of hydrogen-bond acceptors (Lipinski definition) is 5. The number of aromatic nitrogens is 1. The number of nitrogens with one attached hydrogen (secondary N) is 2. The number of carbonyl (C=O) groups is 1. The molecule has 1 aromatic carbocycles. The zero-order valence-corrected chi connectivity index (χ0v) is 15.5. The molecule has 3 rings (SSSR count). The standard InChI is InChI=1S/C19H22N4O2S/c1-25-18(24)14-7-9-16(10-8-14)21-19(26)22-23-12-3-2-6-17(23)15-5-4-11-20-13-15/h4-5,7-11,13,17H,2-3,6,12H2,1H3,(H2,21,22,26). The number of carbonyl (C=O) groups excluding carboxylic acids is 1. The van der Waals surface area contributed by atoms with Gasteiger partial charge in [-0.05, 0) is 61.0 Å². The van der Waals surface area contributed by atoms with Crippen molar-refractivity contribution in [1.29, 1.82) is 0 Å². The fraction of sp³-hybridized carbons (Fsp3) is 0.316. The topological polar surface area (TPSA) is 66.5 Å². The zero-order valence-electron chi connectivity index (χ0n) is 14.6. The molecule has 0 aliphatic carbocycles. The lowest BCUT2D eigenvalue weighted by Crippen LogP contribution is -2.48. The summed E-state index contributed by atoms with van der Waals surface area (Å²) in [4.78, 5) is 15.7. The van der Waals surface area contributed by atoms with E-state index in [4.69, 9.17) is 17.0 Å². The van der Waals surface area contributed by atoms with Crippen LogP contribution in [0.25, 0.3) is 0 Å². The van der Waals surface area contributed by atoms with E-state index in [2.05, 4.69) is 26.8 Å². The second-order valence-corrected chi connectivity index (χ2v) is 6.53. The lowest BCUT2D eigenvalue weighted by Gasteiger charge is -2.36.